The molecule has 0 N–H and O–H groups in total. The molecule has 0 aliphatic heterocycles. The van der Waals surface area contributed by atoms with Crippen LogP contribution in [-0.2, 0) is 11.3 Å². The molecule has 1 fully saturated rings. The lowest BCUT2D eigenvalue weighted by Gasteiger charge is -2.29. The van der Waals surface area contributed by atoms with Gasteiger partial charge in [-0.1, -0.05) is 43.2 Å². The molecule has 19 heavy (non-hydrogen) atoms. The van der Waals surface area contributed by atoms with Gasteiger partial charge in [0.2, 0.25) is 5.91 Å². The molecule has 0 aromatic heterocycles. The van der Waals surface area contributed by atoms with Crippen molar-refractivity contribution >= 4 is 5.91 Å². The Labute approximate surface area is 114 Å². The van der Waals surface area contributed by atoms with Crippen LogP contribution in [0, 0.1) is 16.7 Å². The van der Waals surface area contributed by atoms with Gasteiger partial charge < -0.3 is 4.90 Å². The third kappa shape index (κ3) is 2.78. The number of rotatable bonds is 4. The van der Waals surface area contributed by atoms with E-state index in [4.69, 9.17) is 0 Å². The third-order valence-electron chi connectivity index (χ3n) is 3.97. The van der Waals surface area contributed by atoms with Crippen LogP contribution in [0.2, 0.25) is 0 Å². The molecular formula is C16H20N2O. The summed E-state index contributed by atoms with van der Waals surface area (Å²) in [5.74, 6) is 0.0128. The van der Waals surface area contributed by atoms with Gasteiger partial charge in [0.25, 0.3) is 0 Å². The van der Waals surface area contributed by atoms with Gasteiger partial charge in [0.1, 0.15) is 5.41 Å². The Hall–Kier alpha value is -1.82. The van der Waals surface area contributed by atoms with Gasteiger partial charge in [0.05, 0.1) is 6.07 Å². The first-order valence-electron chi connectivity index (χ1n) is 6.96. The van der Waals surface area contributed by atoms with Crippen molar-refractivity contribution in [3.63, 3.8) is 0 Å². The van der Waals surface area contributed by atoms with Crippen LogP contribution in [0.5, 0.6) is 0 Å². The molecule has 1 aliphatic rings. The number of nitriles is 1. The van der Waals surface area contributed by atoms with Crippen LogP contribution in [0.3, 0.4) is 0 Å². The summed E-state index contributed by atoms with van der Waals surface area (Å²) in [5.41, 5.74) is 0.355. The smallest absolute Gasteiger partial charge is 0.243 e. The lowest BCUT2D eigenvalue weighted by atomic mass is 9.86. The third-order valence-corrected chi connectivity index (χ3v) is 3.97. The van der Waals surface area contributed by atoms with E-state index in [2.05, 4.69) is 6.07 Å². The molecule has 1 saturated carbocycles. The van der Waals surface area contributed by atoms with Gasteiger partial charge in [0.15, 0.2) is 0 Å². The Morgan fingerprint density at radius 2 is 1.95 bits per heavy atom. The van der Waals surface area contributed by atoms with Crippen LogP contribution < -0.4 is 0 Å². The van der Waals surface area contributed by atoms with E-state index >= 15 is 0 Å². The van der Waals surface area contributed by atoms with Gasteiger partial charge in [-0.15, -0.1) is 0 Å². The van der Waals surface area contributed by atoms with Crippen LogP contribution >= 0.6 is 0 Å². The van der Waals surface area contributed by atoms with Crippen molar-refractivity contribution in [1.82, 2.24) is 4.90 Å². The second kappa shape index (κ2) is 5.88. The topological polar surface area (TPSA) is 44.1 Å². The van der Waals surface area contributed by atoms with Gasteiger partial charge in [0, 0.05) is 13.1 Å². The number of amides is 1. The first-order valence-corrected chi connectivity index (χ1v) is 6.96. The van der Waals surface area contributed by atoms with Gasteiger partial charge in [-0.25, -0.2) is 0 Å². The Bertz CT molecular complexity index is 469. The fourth-order valence-corrected chi connectivity index (χ4v) is 2.79. The van der Waals surface area contributed by atoms with Gasteiger partial charge >= 0.3 is 0 Å². The molecule has 100 valence electrons. The van der Waals surface area contributed by atoms with E-state index in [-0.39, 0.29) is 5.91 Å². The highest BCUT2D eigenvalue weighted by atomic mass is 16.2. The normalized spacial score (nSPS) is 16.8. The minimum absolute atomic E-state index is 0.0128. The minimum atomic E-state index is -0.759. The number of hydrogen-bond donors (Lipinski definition) is 0. The molecule has 1 aromatic carbocycles. The van der Waals surface area contributed by atoms with E-state index < -0.39 is 5.41 Å². The zero-order chi connectivity index (χ0) is 13.7. The van der Waals surface area contributed by atoms with Gasteiger partial charge in [-0.2, -0.15) is 5.26 Å². The molecular weight excluding hydrogens is 236 g/mol. The zero-order valence-electron chi connectivity index (χ0n) is 11.4. The molecule has 0 radical (unpaired) electrons. The number of carbonyl (C=O) groups is 1. The molecule has 0 spiro atoms. The van der Waals surface area contributed by atoms with Crippen molar-refractivity contribution in [3.8, 4) is 6.07 Å². The molecule has 0 atom stereocenters. The zero-order valence-corrected chi connectivity index (χ0v) is 11.4. The minimum Gasteiger partial charge on any atom is -0.337 e. The summed E-state index contributed by atoms with van der Waals surface area (Å²) in [6.07, 6.45) is 3.41. The molecule has 0 saturated heterocycles. The molecule has 1 amide bonds. The number of hydrogen-bond acceptors (Lipinski definition) is 2. The fourth-order valence-electron chi connectivity index (χ4n) is 2.79. The Balaban J connectivity index is 2.13. The van der Waals surface area contributed by atoms with E-state index in [0.717, 1.165) is 18.4 Å². The van der Waals surface area contributed by atoms with Crippen molar-refractivity contribution < 1.29 is 4.79 Å². The maximum Gasteiger partial charge on any atom is 0.243 e. The molecule has 1 aliphatic carbocycles. The fraction of sp³-hybridized carbons (Fsp3) is 0.500. The second-order valence-corrected chi connectivity index (χ2v) is 5.21. The number of benzene rings is 1. The van der Waals surface area contributed by atoms with Crippen molar-refractivity contribution in [2.45, 2.75) is 39.2 Å². The van der Waals surface area contributed by atoms with Gasteiger partial charge in [-0.05, 0) is 25.3 Å². The summed E-state index contributed by atoms with van der Waals surface area (Å²) in [4.78, 5) is 14.4. The molecule has 2 rings (SSSR count). The largest absolute Gasteiger partial charge is 0.337 e. The van der Waals surface area contributed by atoms with Crippen LogP contribution in [0.25, 0.3) is 0 Å². The van der Waals surface area contributed by atoms with Gasteiger partial charge in [-0.3, -0.25) is 4.79 Å². The van der Waals surface area contributed by atoms with E-state index in [1.54, 1.807) is 0 Å². The van der Waals surface area contributed by atoms with Crippen molar-refractivity contribution in [2.75, 3.05) is 6.54 Å². The molecule has 3 nitrogen and oxygen atoms in total. The highest BCUT2D eigenvalue weighted by molar-refractivity contribution is 5.85. The summed E-state index contributed by atoms with van der Waals surface area (Å²) in [6.45, 7) is 3.22. The van der Waals surface area contributed by atoms with Crippen molar-refractivity contribution in [2.24, 2.45) is 5.41 Å². The van der Waals surface area contributed by atoms with Crippen LogP contribution in [0.1, 0.15) is 38.2 Å². The average Bonchev–Trinajstić information content (AvgIpc) is 2.95. The number of nitrogens with zero attached hydrogens (tertiary/aromatic N) is 2. The first kappa shape index (κ1) is 13.6. The molecule has 0 bridgehead atoms. The predicted octanol–water partition coefficient (Wildman–Crippen LogP) is 3.12. The first-order chi connectivity index (χ1) is 9.22. The van der Waals surface area contributed by atoms with Crippen LogP contribution in [0.15, 0.2) is 30.3 Å². The molecule has 0 unspecified atom stereocenters. The SMILES string of the molecule is CCN(Cc1ccccc1)C(=O)C1(C#N)CCCC1. The Morgan fingerprint density at radius 1 is 1.32 bits per heavy atom. The quantitative estimate of drug-likeness (QED) is 0.830. The standard InChI is InChI=1S/C16H20N2O/c1-2-18(12-14-8-4-3-5-9-14)15(19)16(13-17)10-6-7-11-16/h3-5,8-9H,2,6-7,10-12H2,1H3. The summed E-state index contributed by atoms with van der Waals surface area (Å²) in [7, 11) is 0. The van der Waals surface area contributed by atoms with Crippen molar-refractivity contribution in [1.29, 1.82) is 5.26 Å². The monoisotopic (exact) mass is 256 g/mol. The Kier molecular flexibility index (Phi) is 4.21. The number of carbonyl (C=O) groups excluding carboxylic acids is 1. The summed E-state index contributed by atoms with van der Waals surface area (Å²) >= 11 is 0. The molecule has 0 heterocycles. The summed E-state index contributed by atoms with van der Waals surface area (Å²) in [6, 6.07) is 12.2. The van der Waals surface area contributed by atoms with Crippen LogP contribution in [-0.4, -0.2) is 17.4 Å². The van der Waals surface area contributed by atoms with E-state index in [1.807, 2.05) is 42.2 Å². The summed E-state index contributed by atoms with van der Waals surface area (Å²) < 4.78 is 0. The second-order valence-electron chi connectivity index (χ2n) is 5.21. The maximum absolute atomic E-state index is 12.6. The highest BCUT2D eigenvalue weighted by Gasteiger charge is 2.43. The van der Waals surface area contributed by atoms with E-state index in [0.29, 0.717) is 25.9 Å². The van der Waals surface area contributed by atoms with E-state index in [1.165, 1.54) is 0 Å². The molecule has 3 heteroatoms. The maximum atomic E-state index is 12.6. The van der Waals surface area contributed by atoms with Crippen molar-refractivity contribution in [3.05, 3.63) is 35.9 Å². The lowest BCUT2D eigenvalue weighted by Crippen LogP contribution is -2.41. The summed E-state index contributed by atoms with van der Waals surface area (Å²) in [5, 5.41) is 9.40. The Morgan fingerprint density at radius 3 is 2.47 bits per heavy atom. The van der Waals surface area contributed by atoms with Crippen LogP contribution in [0.4, 0.5) is 0 Å². The van der Waals surface area contributed by atoms with E-state index in [9.17, 15) is 10.1 Å². The average molecular weight is 256 g/mol. The molecule has 1 aromatic rings. The highest BCUT2D eigenvalue weighted by Crippen LogP contribution is 2.39. The lowest BCUT2D eigenvalue weighted by molar-refractivity contribution is -0.139. The predicted molar refractivity (Wildman–Crippen MR) is 74.0 cm³/mol.